The van der Waals surface area contributed by atoms with Gasteiger partial charge in [-0.2, -0.15) is 0 Å². The molecule has 1 aromatic carbocycles. The minimum absolute atomic E-state index is 0.0805. The van der Waals surface area contributed by atoms with E-state index >= 15 is 0 Å². The summed E-state index contributed by atoms with van der Waals surface area (Å²) < 4.78 is 18.7. The number of benzene rings is 1. The summed E-state index contributed by atoms with van der Waals surface area (Å²) in [4.78, 5) is 0. The maximum Gasteiger partial charge on any atom is 0.123 e. The van der Waals surface area contributed by atoms with E-state index in [1.807, 2.05) is 13.0 Å². The van der Waals surface area contributed by atoms with Gasteiger partial charge in [-0.1, -0.05) is 26.0 Å². The van der Waals surface area contributed by atoms with Gasteiger partial charge in [-0.05, 0) is 24.6 Å². The fraction of sp³-hybridized carbons (Fsp3) is 0.538. The molecule has 3 heteroatoms. The summed E-state index contributed by atoms with van der Waals surface area (Å²) in [5.74, 6) is -0.216. The van der Waals surface area contributed by atoms with Gasteiger partial charge in [0, 0.05) is 19.2 Å². The third-order valence-corrected chi connectivity index (χ3v) is 2.30. The summed E-state index contributed by atoms with van der Waals surface area (Å²) in [7, 11) is 0. The van der Waals surface area contributed by atoms with Crippen molar-refractivity contribution in [3.05, 3.63) is 35.6 Å². The molecule has 90 valence electrons. The van der Waals surface area contributed by atoms with Crippen molar-refractivity contribution in [2.75, 3.05) is 13.2 Å². The van der Waals surface area contributed by atoms with Gasteiger partial charge in [0.25, 0.3) is 0 Å². The Hall–Kier alpha value is -0.930. The van der Waals surface area contributed by atoms with E-state index in [0.717, 1.165) is 5.56 Å². The molecule has 16 heavy (non-hydrogen) atoms. The fourth-order valence-electron chi connectivity index (χ4n) is 1.52. The van der Waals surface area contributed by atoms with Crippen LogP contribution in [0.15, 0.2) is 24.3 Å². The average Bonchev–Trinajstić information content (AvgIpc) is 2.24. The van der Waals surface area contributed by atoms with Gasteiger partial charge in [-0.3, -0.25) is 0 Å². The number of rotatable bonds is 6. The largest absolute Gasteiger partial charge is 0.372 e. The molecular weight excluding hydrogens is 205 g/mol. The number of ether oxygens (including phenoxy) is 1. The molecule has 0 radical (unpaired) electrons. The lowest BCUT2D eigenvalue weighted by atomic mass is 10.1. The van der Waals surface area contributed by atoms with Crippen LogP contribution >= 0.6 is 0 Å². The molecule has 0 heterocycles. The molecule has 2 nitrogen and oxygen atoms in total. The van der Waals surface area contributed by atoms with Gasteiger partial charge in [0.05, 0.1) is 6.10 Å². The van der Waals surface area contributed by atoms with Crippen molar-refractivity contribution in [1.29, 1.82) is 0 Å². The summed E-state index contributed by atoms with van der Waals surface area (Å²) in [6, 6.07) is 6.99. The highest BCUT2D eigenvalue weighted by molar-refractivity contribution is 5.19. The van der Waals surface area contributed by atoms with Gasteiger partial charge >= 0.3 is 0 Å². The normalized spacial score (nSPS) is 13.1. The van der Waals surface area contributed by atoms with E-state index in [-0.39, 0.29) is 11.9 Å². The van der Waals surface area contributed by atoms with E-state index < -0.39 is 0 Å². The average molecular weight is 225 g/mol. The van der Waals surface area contributed by atoms with E-state index in [4.69, 9.17) is 4.74 Å². The van der Waals surface area contributed by atoms with Crippen LogP contribution in [0.25, 0.3) is 0 Å². The van der Waals surface area contributed by atoms with Crippen molar-refractivity contribution < 1.29 is 9.13 Å². The Morgan fingerprint density at radius 1 is 1.38 bits per heavy atom. The molecule has 0 spiro atoms. The van der Waals surface area contributed by atoms with Crippen LogP contribution in [0.3, 0.4) is 0 Å². The van der Waals surface area contributed by atoms with Crippen molar-refractivity contribution in [3.63, 3.8) is 0 Å². The molecule has 1 rings (SSSR count). The lowest BCUT2D eigenvalue weighted by Gasteiger charge is -2.19. The molecule has 0 aliphatic carbocycles. The van der Waals surface area contributed by atoms with Crippen molar-refractivity contribution >= 4 is 0 Å². The molecule has 0 aliphatic heterocycles. The predicted octanol–water partition coefficient (Wildman–Crippen LogP) is 2.90. The van der Waals surface area contributed by atoms with Gasteiger partial charge in [0.2, 0.25) is 0 Å². The lowest BCUT2D eigenvalue weighted by molar-refractivity contribution is 0.0607. The summed E-state index contributed by atoms with van der Waals surface area (Å²) in [6.45, 7) is 7.43. The van der Waals surface area contributed by atoms with Crippen LogP contribution in [0.1, 0.15) is 32.4 Å². The first-order valence-corrected chi connectivity index (χ1v) is 5.74. The highest BCUT2D eigenvalue weighted by Crippen LogP contribution is 2.17. The van der Waals surface area contributed by atoms with Crippen molar-refractivity contribution in [2.24, 2.45) is 0 Å². The van der Waals surface area contributed by atoms with Gasteiger partial charge < -0.3 is 10.1 Å². The predicted molar refractivity (Wildman–Crippen MR) is 63.9 cm³/mol. The quantitative estimate of drug-likeness (QED) is 0.803. The molecule has 1 aromatic rings. The van der Waals surface area contributed by atoms with Gasteiger partial charge in [-0.25, -0.2) is 4.39 Å². The van der Waals surface area contributed by atoms with Crippen LogP contribution in [-0.2, 0) is 4.74 Å². The Morgan fingerprint density at radius 2 is 2.12 bits per heavy atom. The summed E-state index contributed by atoms with van der Waals surface area (Å²) in [5.41, 5.74) is 0.884. The Labute approximate surface area is 96.8 Å². The molecule has 1 N–H and O–H groups in total. The molecule has 0 saturated carbocycles. The van der Waals surface area contributed by atoms with E-state index in [1.165, 1.54) is 12.1 Å². The van der Waals surface area contributed by atoms with E-state index in [0.29, 0.717) is 19.2 Å². The molecule has 0 amide bonds. The van der Waals surface area contributed by atoms with Crippen LogP contribution < -0.4 is 5.32 Å². The maximum atomic E-state index is 13.1. The van der Waals surface area contributed by atoms with Crippen LogP contribution in [0.5, 0.6) is 0 Å². The second-order valence-corrected chi connectivity index (χ2v) is 4.06. The van der Waals surface area contributed by atoms with Crippen molar-refractivity contribution in [3.8, 4) is 0 Å². The zero-order valence-corrected chi connectivity index (χ0v) is 10.2. The first-order chi connectivity index (χ1) is 7.63. The van der Waals surface area contributed by atoms with E-state index in [2.05, 4.69) is 19.2 Å². The molecular formula is C13H20FNO. The smallest absolute Gasteiger partial charge is 0.123 e. The topological polar surface area (TPSA) is 21.3 Å². The molecule has 0 aromatic heterocycles. The number of halogens is 1. The second-order valence-electron chi connectivity index (χ2n) is 4.06. The number of nitrogens with one attached hydrogen (secondary N) is 1. The Bertz CT molecular complexity index is 315. The number of hydrogen-bond acceptors (Lipinski definition) is 2. The Kier molecular flexibility index (Phi) is 5.43. The van der Waals surface area contributed by atoms with Gasteiger partial charge in [-0.15, -0.1) is 0 Å². The summed E-state index contributed by atoms with van der Waals surface area (Å²) >= 11 is 0. The molecule has 1 atom stereocenters. The van der Waals surface area contributed by atoms with E-state index in [9.17, 15) is 4.39 Å². The van der Waals surface area contributed by atoms with Gasteiger partial charge in [0.15, 0.2) is 0 Å². The Balaban J connectivity index is 2.68. The number of hydrogen-bond donors (Lipinski definition) is 1. The second kappa shape index (κ2) is 6.61. The summed E-state index contributed by atoms with van der Waals surface area (Å²) in [5, 5.41) is 3.30. The SMILES string of the molecule is CCOC(CNC(C)C)c1cccc(F)c1. The third kappa shape index (κ3) is 4.29. The Morgan fingerprint density at radius 3 is 2.69 bits per heavy atom. The first-order valence-electron chi connectivity index (χ1n) is 5.74. The lowest BCUT2D eigenvalue weighted by Crippen LogP contribution is -2.29. The fourth-order valence-corrected chi connectivity index (χ4v) is 1.52. The molecule has 0 fully saturated rings. The zero-order chi connectivity index (χ0) is 12.0. The molecule has 1 unspecified atom stereocenters. The minimum atomic E-state index is -0.216. The standard InChI is InChI=1S/C13H20FNO/c1-4-16-13(9-15-10(2)3)11-6-5-7-12(14)8-11/h5-8,10,13,15H,4,9H2,1-3H3. The van der Waals surface area contributed by atoms with Crippen LogP contribution in [0.2, 0.25) is 0 Å². The van der Waals surface area contributed by atoms with Gasteiger partial charge in [0.1, 0.15) is 5.82 Å². The summed E-state index contributed by atoms with van der Waals surface area (Å²) in [6.07, 6.45) is -0.0805. The maximum absolute atomic E-state index is 13.1. The van der Waals surface area contributed by atoms with Crippen LogP contribution in [0, 0.1) is 5.82 Å². The zero-order valence-electron chi connectivity index (χ0n) is 10.2. The molecule has 0 aliphatic rings. The minimum Gasteiger partial charge on any atom is -0.372 e. The highest BCUT2D eigenvalue weighted by atomic mass is 19.1. The molecule has 0 saturated heterocycles. The van der Waals surface area contributed by atoms with Crippen LogP contribution in [-0.4, -0.2) is 19.2 Å². The first kappa shape index (κ1) is 13.1. The molecule has 0 bridgehead atoms. The monoisotopic (exact) mass is 225 g/mol. The third-order valence-electron chi connectivity index (χ3n) is 2.30. The van der Waals surface area contributed by atoms with Crippen molar-refractivity contribution in [2.45, 2.75) is 32.9 Å². The van der Waals surface area contributed by atoms with Crippen LogP contribution in [0.4, 0.5) is 4.39 Å². The van der Waals surface area contributed by atoms with Crippen molar-refractivity contribution in [1.82, 2.24) is 5.32 Å². The van der Waals surface area contributed by atoms with E-state index in [1.54, 1.807) is 6.07 Å². The highest BCUT2D eigenvalue weighted by Gasteiger charge is 2.12.